The van der Waals surface area contributed by atoms with Crippen LogP contribution in [0.4, 0.5) is 5.69 Å². The van der Waals surface area contributed by atoms with Gasteiger partial charge in [-0.25, -0.2) is 8.42 Å². The molecule has 1 unspecified atom stereocenters. The second kappa shape index (κ2) is 12.9. The van der Waals surface area contributed by atoms with Crippen molar-refractivity contribution in [3.63, 3.8) is 0 Å². The van der Waals surface area contributed by atoms with E-state index in [1.165, 1.54) is 53.3 Å². The van der Waals surface area contributed by atoms with E-state index >= 15 is 0 Å². The first kappa shape index (κ1) is 31.4. The Labute approximate surface area is 257 Å². The standard InChI is InChI=1S/C34H47N3O5S/c1-5-15-35-33(39)31(6-2)36(22-24-7-13-30(42-3)14-8-24)32(38)23-37(43(4,40)41)29-11-9-28(10-12-29)34-19-25-16-26(20-34)18-27(17-25)21-34/h7-14,25-27,31H,5-6,15-23H2,1-4H3,(H,35,39). The van der Waals surface area contributed by atoms with Crippen molar-refractivity contribution in [3.05, 3.63) is 59.7 Å². The fourth-order valence-electron chi connectivity index (χ4n) is 8.27. The number of anilines is 1. The van der Waals surface area contributed by atoms with Gasteiger partial charge in [-0.1, -0.05) is 38.1 Å². The molecule has 4 bridgehead atoms. The predicted octanol–water partition coefficient (Wildman–Crippen LogP) is 5.26. The van der Waals surface area contributed by atoms with Crippen molar-refractivity contribution in [3.8, 4) is 5.75 Å². The van der Waals surface area contributed by atoms with Gasteiger partial charge in [-0.2, -0.15) is 0 Å². The van der Waals surface area contributed by atoms with E-state index in [4.69, 9.17) is 4.74 Å². The molecule has 2 aromatic carbocycles. The van der Waals surface area contributed by atoms with Gasteiger partial charge in [0.15, 0.2) is 0 Å². The maximum absolute atomic E-state index is 14.0. The lowest BCUT2D eigenvalue weighted by atomic mass is 9.48. The Morgan fingerprint density at radius 2 is 1.53 bits per heavy atom. The zero-order chi connectivity index (χ0) is 30.8. The van der Waals surface area contributed by atoms with Crippen molar-refractivity contribution in [1.82, 2.24) is 10.2 Å². The summed E-state index contributed by atoms with van der Waals surface area (Å²) < 4.78 is 32.7. The second-order valence-corrected chi connectivity index (χ2v) is 15.0. The molecule has 2 aromatic rings. The number of sulfonamides is 1. The van der Waals surface area contributed by atoms with E-state index in [9.17, 15) is 18.0 Å². The van der Waals surface area contributed by atoms with Crippen molar-refractivity contribution in [1.29, 1.82) is 0 Å². The molecular formula is C34H47N3O5S. The number of nitrogens with one attached hydrogen (secondary N) is 1. The third-order valence-corrected chi connectivity index (χ3v) is 11.1. The number of amides is 2. The minimum absolute atomic E-state index is 0.170. The summed E-state index contributed by atoms with van der Waals surface area (Å²) in [4.78, 5) is 28.7. The molecule has 8 nitrogen and oxygen atoms in total. The lowest BCUT2D eigenvalue weighted by molar-refractivity contribution is -0.140. The van der Waals surface area contributed by atoms with E-state index in [-0.39, 0.29) is 24.4 Å². The van der Waals surface area contributed by atoms with Gasteiger partial charge in [0, 0.05) is 13.1 Å². The molecule has 0 aliphatic heterocycles. The molecular weight excluding hydrogens is 562 g/mol. The summed E-state index contributed by atoms with van der Waals surface area (Å²) in [5.74, 6) is 2.47. The quantitative estimate of drug-likeness (QED) is 0.334. The Morgan fingerprint density at radius 3 is 2.02 bits per heavy atom. The molecule has 6 rings (SSSR count). The van der Waals surface area contributed by atoms with E-state index in [2.05, 4.69) is 17.4 Å². The molecule has 4 fully saturated rings. The van der Waals surface area contributed by atoms with Crippen LogP contribution in [0.5, 0.6) is 5.75 Å². The largest absolute Gasteiger partial charge is 0.497 e. The van der Waals surface area contributed by atoms with Crippen LogP contribution in [-0.2, 0) is 31.6 Å². The Morgan fingerprint density at radius 1 is 0.953 bits per heavy atom. The summed E-state index contributed by atoms with van der Waals surface area (Å²) >= 11 is 0. The van der Waals surface area contributed by atoms with Gasteiger partial charge in [0.1, 0.15) is 18.3 Å². The number of hydrogen-bond acceptors (Lipinski definition) is 5. The van der Waals surface area contributed by atoms with Gasteiger partial charge in [-0.15, -0.1) is 0 Å². The number of carbonyl (C=O) groups excluding carboxylic acids is 2. The van der Waals surface area contributed by atoms with Crippen molar-refractivity contribution < 1.29 is 22.7 Å². The van der Waals surface area contributed by atoms with Gasteiger partial charge in [-0.05, 0) is 110 Å². The summed E-state index contributed by atoms with van der Waals surface area (Å²) in [6, 6.07) is 14.5. The molecule has 0 spiro atoms. The zero-order valence-corrected chi connectivity index (χ0v) is 26.9. The zero-order valence-electron chi connectivity index (χ0n) is 26.1. The molecule has 4 aliphatic carbocycles. The molecule has 43 heavy (non-hydrogen) atoms. The number of nitrogens with zero attached hydrogens (tertiary/aromatic N) is 2. The average molecular weight is 610 g/mol. The number of benzene rings is 2. The summed E-state index contributed by atoms with van der Waals surface area (Å²) in [5.41, 5.74) is 2.79. The highest BCUT2D eigenvalue weighted by molar-refractivity contribution is 7.92. The molecule has 0 heterocycles. The van der Waals surface area contributed by atoms with E-state index in [0.717, 1.165) is 36.0 Å². The monoisotopic (exact) mass is 609 g/mol. The lowest BCUT2D eigenvalue weighted by Gasteiger charge is -2.57. The van der Waals surface area contributed by atoms with Crippen LogP contribution in [0.1, 0.15) is 76.3 Å². The first-order chi connectivity index (χ1) is 20.5. The van der Waals surface area contributed by atoms with Gasteiger partial charge in [0.25, 0.3) is 0 Å². The van der Waals surface area contributed by atoms with Gasteiger partial charge >= 0.3 is 0 Å². The maximum Gasteiger partial charge on any atom is 0.244 e. The summed E-state index contributed by atoms with van der Waals surface area (Å²) in [6.45, 7) is 4.13. The van der Waals surface area contributed by atoms with Crippen LogP contribution in [0.25, 0.3) is 0 Å². The van der Waals surface area contributed by atoms with Crippen LogP contribution >= 0.6 is 0 Å². The average Bonchev–Trinajstić information content (AvgIpc) is 2.97. The molecule has 4 saturated carbocycles. The van der Waals surface area contributed by atoms with Crippen LogP contribution in [0.2, 0.25) is 0 Å². The Kier molecular flexibility index (Phi) is 9.40. The molecule has 2 amide bonds. The van der Waals surface area contributed by atoms with Gasteiger partial charge in [0.05, 0.1) is 19.1 Å². The van der Waals surface area contributed by atoms with Crippen LogP contribution in [0, 0.1) is 17.8 Å². The summed E-state index contributed by atoms with van der Waals surface area (Å²) in [5, 5.41) is 2.91. The van der Waals surface area contributed by atoms with Crippen LogP contribution < -0.4 is 14.4 Å². The van der Waals surface area contributed by atoms with Gasteiger partial charge < -0.3 is 15.0 Å². The minimum atomic E-state index is -3.78. The normalized spacial score (nSPS) is 24.8. The molecule has 234 valence electrons. The molecule has 0 saturated heterocycles. The summed E-state index contributed by atoms with van der Waals surface area (Å²) in [6.07, 6.45) is 10.1. The van der Waals surface area contributed by atoms with Crippen molar-refractivity contribution in [2.75, 3.05) is 30.8 Å². The second-order valence-electron chi connectivity index (χ2n) is 13.1. The van der Waals surface area contributed by atoms with Crippen molar-refractivity contribution in [2.24, 2.45) is 17.8 Å². The molecule has 0 aromatic heterocycles. The highest BCUT2D eigenvalue weighted by Gasteiger charge is 2.51. The lowest BCUT2D eigenvalue weighted by Crippen LogP contribution is -2.52. The Hall–Kier alpha value is -3.07. The van der Waals surface area contributed by atoms with Crippen molar-refractivity contribution in [2.45, 2.75) is 83.2 Å². The molecule has 4 aliphatic rings. The first-order valence-electron chi connectivity index (χ1n) is 15.8. The number of hydrogen-bond donors (Lipinski definition) is 1. The van der Waals surface area contributed by atoms with Crippen LogP contribution in [0.3, 0.4) is 0 Å². The fourth-order valence-corrected chi connectivity index (χ4v) is 9.12. The van der Waals surface area contributed by atoms with Crippen LogP contribution in [-0.4, -0.2) is 57.6 Å². The Balaban J connectivity index is 1.39. The van der Waals surface area contributed by atoms with Crippen LogP contribution in [0.15, 0.2) is 48.5 Å². The van der Waals surface area contributed by atoms with E-state index < -0.39 is 22.0 Å². The topological polar surface area (TPSA) is 96.0 Å². The van der Waals surface area contributed by atoms with E-state index in [0.29, 0.717) is 24.4 Å². The Bertz CT molecular complexity index is 1350. The fraction of sp³-hybridized carbons (Fsp3) is 0.588. The molecule has 0 radical (unpaired) electrons. The number of rotatable bonds is 13. The van der Waals surface area contributed by atoms with E-state index in [1.807, 2.05) is 50.2 Å². The highest BCUT2D eigenvalue weighted by Crippen LogP contribution is 2.60. The number of ether oxygens (including phenoxy) is 1. The SMILES string of the molecule is CCCNC(=O)C(CC)N(Cc1ccc(OC)cc1)C(=O)CN(c1ccc(C23CC4CC(CC(C4)C2)C3)cc1)S(C)(=O)=O. The van der Waals surface area contributed by atoms with Crippen molar-refractivity contribution >= 4 is 27.5 Å². The predicted molar refractivity (Wildman–Crippen MR) is 169 cm³/mol. The maximum atomic E-state index is 14.0. The number of carbonyl (C=O) groups is 2. The number of methoxy groups -OCH3 is 1. The third-order valence-electron chi connectivity index (χ3n) is 9.93. The highest BCUT2D eigenvalue weighted by atomic mass is 32.2. The molecule has 9 heteroatoms. The minimum Gasteiger partial charge on any atom is -0.497 e. The molecule has 1 N–H and O–H groups in total. The smallest absolute Gasteiger partial charge is 0.244 e. The first-order valence-corrected chi connectivity index (χ1v) is 17.7. The van der Waals surface area contributed by atoms with Gasteiger partial charge in [-0.3, -0.25) is 13.9 Å². The van der Waals surface area contributed by atoms with E-state index in [1.54, 1.807) is 7.11 Å². The third kappa shape index (κ3) is 6.87. The van der Waals surface area contributed by atoms with Gasteiger partial charge in [0.2, 0.25) is 21.8 Å². The molecule has 1 atom stereocenters. The summed E-state index contributed by atoms with van der Waals surface area (Å²) in [7, 11) is -2.20.